The average molecular weight is 360 g/mol. The van der Waals surface area contributed by atoms with Crippen molar-refractivity contribution in [1.82, 2.24) is 10.6 Å². The number of aliphatic hydroxyl groups is 1. The summed E-state index contributed by atoms with van der Waals surface area (Å²) in [6, 6.07) is 7.55. The van der Waals surface area contributed by atoms with Gasteiger partial charge < -0.3 is 20.5 Å². The van der Waals surface area contributed by atoms with E-state index in [-0.39, 0.29) is 19.1 Å². The Bertz CT molecular complexity index is 598. The molecule has 3 N–H and O–H groups in total. The van der Waals surface area contributed by atoms with Gasteiger partial charge in [-0.2, -0.15) is 0 Å². The minimum absolute atomic E-state index is 0.0132. The monoisotopic (exact) mass is 360 g/mol. The third-order valence-electron chi connectivity index (χ3n) is 4.45. The molecule has 26 heavy (non-hydrogen) atoms. The second kappa shape index (κ2) is 11.6. The van der Waals surface area contributed by atoms with Crippen LogP contribution < -0.4 is 10.6 Å². The van der Waals surface area contributed by atoms with E-state index in [1.54, 1.807) is 0 Å². The summed E-state index contributed by atoms with van der Waals surface area (Å²) in [4.78, 5) is 22.7. The van der Waals surface area contributed by atoms with Crippen LogP contribution in [0.15, 0.2) is 35.9 Å². The van der Waals surface area contributed by atoms with Gasteiger partial charge in [-0.05, 0) is 55.0 Å². The molecule has 0 spiro atoms. The molecule has 1 unspecified atom stereocenters. The van der Waals surface area contributed by atoms with Crippen LogP contribution in [-0.2, 0) is 16.1 Å². The van der Waals surface area contributed by atoms with Gasteiger partial charge in [0.25, 0.3) is 5.91 Å². The Kier molecular flexibility index (Phi) is 9.03. The van der Waals surface area contributed by atoms with Crippen LogP contribution in [0, 0.1) is 5.92 Å². The predicted octanol–water partition coefficient (Wildman–Crippen LogP) is 1.44. The third kappa shape index (κ3) is 7.07. The summed E-state index contributed by atoms with van der Waals surface area (Å²) in [6.45, 7) is 2.77. The molecule has 0 fully saturated rings. The number of benzene rings is 1. The van der Waals surface area contributed by atoms with Crippen molar-refractivity contribution >= 4 is 12.2 Å². The minimum atomic E-state index is -0.128. The standard InChI is InChI=1S/C20H28N2O4/c23-10-12-26-11-9-22-20(25)19-7-5-17(6-8-19)14-21-13-16-1-3-18(15-24)4-2-16/h3,5-8,15-16,21,23H,1-2,4,9-14H2,(H,22,25). The average Bonchev–Trinajstić information content (AvgIpc) is 2.69. The Morgan fingerprint density at radius 2 is 2.08 bits per heavy atom. The Balaban J connectivity index is 1.66. The van der Waals surface area contributed by atoms with Gasteiger partial charge in [0.05, 0.1) is 19.8 Å². The quantitative estimate of drug-likeness (QED) is 0.411. The highest BCUT2D eigenvalue weighted by Crippen LogP contribution is 2.21. The van der Waals surface area contributed by atoms with Crippen LogP contribution in [0.5, 0.6) is 0 Å². The van der Waals surface area contributed by atoms with Crippen LogP contribution >= 0.6 is 0 Å². The van der Waals surface area contributed by atoms with Crippen molar-refractivity contribution in [2.75, 3.05) is 32.9 Å². The number of allylic oxidation sites excluding steroid dienone is 2. The number of aldehydes is 1. The van der Waals surface area contributed by atoms with E-state index in [1.807, 2.05) is 30.3 Å². The van der Waals surface area contributed by atoms with E-state index in [0.29, 0.717) is 24.6 Å². The van der Waals surface area contributed by atoms with Gasteiger partial charge >= 0.3 is 0 Å². The Labute approximate surface area is 154 Å². The van der Waals surface area contributed by atoms with E-state index < -0.39 is 0 Å². The summed E-state index contributed by atoms with van der Waals surface area (Å²) in [5, 5.41) is 14.8. The summed E-state index contributed by atoms with van der Waals surface area (Å²) in [5.74, 6) is 0.453. The van der Waals surface area contributed by atoms with E-state index in [9.17, 15) is 9.59 Å². The number of carbonyl (C=O) groups excluding carboxylic acids is 2. The van der Waals surface area contributed by atoms with Crippen LogP contribution in [0.4, 0.5) is 0 Å². The first-order valence-corrected chi connectivity index (χ1v) is 9.13. The van der Waals surface area contributed by atoms with Crippen LogP contribution in [0.1, 0.15) is 35.2 Å². The van der Waals surface area contributed by atoms with Crippen LogP contribution in [0.25, 0.3) is 0 Å². The number of hydrogen-bond donors (Lipinski definition) is 3. The predicted molar refractivity (Wildman–Crippen MR) is 99.9 cm³/mol. The van der Waals surface area contributed by atoms with E-state index in [2.05, 4.69) is 10.6 Å². The maximum atomic E-state index is 12.0. The van der Waals surface area contributed by atoms with Crippen molar-refractivity contribution in [3.05, 3.63) is 47.0 Å². The highest BCUT2D eigenvalue weighted by Gasteiger charge is 2.13. The first kappa shape index (κ1) is 20.3. The molecule has 1 aromatic rings. The number of nitrogens with one attached hydrogen (secondary N) is 2. The molecule has 6 nitrogen and oxygen atoms in total. The number of hydrogen-bond acceptors (Lipinski definition) is 5. The van der Waals surface area contributed by atoms with Crippen molar-refractivity contribution < 1.29 is 19.4 Å². The smallest absolute Gasteiger partial charge is 0.251 e. The van der Waals surface area contributed by atoms with Crippen molar-refractivity contribution in [2.45, 2.75) is 25.8 Å². The highest BCUT2D eigenvalue weighted by atomic mass is 16.5. The summed E-state index contributed by atoms with van der Waals surface area (Å²) in [6.07, 6.45) is 5.90. The molecular weight excluding hydrogens is 332 g/mol. The summed E-state index contributed by atoms with van der Waals surface area (Å²) in [7, 11) is 0. The fraction of sp³-hybridized carbons (Fsp3) is 0.500. The van der Waals surface area contributed by atoms with Crippen molar-refractivity contribution in [3.8, 4) is 0 Å². The molecule has 1 aromatic carbocycles. The lowest BCUT2D eigenvalue weighted by Gasteiger charge is -2.20. The Morgan fingerprint density at radius 1 is 1.27 bits per heavy atom. The van der Waals surface area contributed by atoms with Crippen LogP contribution in [0.2, 0.25) is 0 Å². The molecule has 0 heterocycles. The summed E-state index contributed by atoms with van der Waals surface area (Å²) in [5.41, 5.74) is 2.68. The molecule has 2 rings (SSSR count). The lowest BCUT2D eigenvalue weighted by atomic mass is 9.90. The molecule has 0 aliphatic heterocycles. The molecule has 1 amide bonds. The molecule has 0 saturated heterocycles. The SMILES string of the molecule is O=CC1=CCC(CNCc2ccc(C(=O)NCCOCCO)cc2)CC1. The second-order valence-electron chi connectivity index (χ2n) is 6.46. The summed E-state index contributed by atoms with van der Waals surface area (Å²) < 4.78 is 5.10. The van der Waals surface area contributed by atoms with Gasteiger partial charge in [-0.1, -0.05) is 18.2 Å². The molecular formula is C20H28N2O4. The molecule has 142 valence electrons. The van der Waals surface area contributed by atoms with Crippen LogP contribution in [-0.4, -0.2) is 50.2 Å². The van der Waals surface area contributed by atoms with Gasteiger partial charge in [0.15, 0.2) is 0 Å². The number of aliphatic hydroxyl groups excluding tert-OH is 1. The first-order valence-electron chi connectivity index (χ1n) is 9.13. The van der Waals surface area contributed by atoms with Crippen LogP contribution in [0.3, 0.4) is 0 Å². The number of ether oxygens (including phenoxy) is 1. The minimum Gasteiger partial charge on any atom is -0.394 e. The summed E-state index contributed by atoms with van der Waals surface area (Å²) >= 11 is 0. The number of rotatable bonds is 11. The third-order valence-corrected chi connectivity index (χ3v) is 4.45. The molecule has 0 bridgehead atoms. The maximum absolute atomic E-state index is 12.0. The Morgan fingerprint density at radius 3 is 2.73 bits per heavy atom. The number of carbonyl (C=O) groups is 2. The van der Waals surface area contributed by atoms with Gasteiger partial charge in [-0.25, -0.2) is 0 Å². The topological polar surface area (TPSA) is 87.7 Å². The lowest BCUT2D eigenvalue weighted by molar-refractivity contribution is -0.105. The first-order chi connectivity index (χ1) is 12.7. The van der Waals surface area contributed by atoms with E-state index in [4.69, 9.17) is 9.84 Å². The van der Waals surface area contributed by atoms with Crippen molar-refractivity contribution in [1.29, 1.82) is 0 Å². The second-order valence-corrected chi connectivity index (χ2v) is 6.46. The molecule has 0 radical (unpaired) electrons. The van der Waals surface area contributed by atoms with Gasteiger partial charge in [0.2, 0.25) is 0 Å². The Hall–Kier alpha value is -2.02. The fourth-order valence-electron chi connectivity index (χ4n) is 2.90. The molecule has 1 aliphatic carbocycles. The van der Waals surface area contributed by atoms with Gasteiger partial charge in [-0.3, -0.25) is 9.59 Å². The van der Waals surface area contributed by atoms with E-state index in [0.717, 1.165) is 49.8 Å². The molecule has 6 heteroatoms. The highest BCUT2D eigenvalue weighted by molar-refractivity contribution is 5.94. The van der Waals surface area contributed by atoms with Crippen molar-refractivity contribution in [3.63, 3.8) is 0 Å². The molecule has 0 saturated carbocycles. The maximum Gasteiger partial charge on any atom is 0.251 e. The molecule has 0 aromatic heterocycles. The van der Waals surface area contributed by atoms with Gasteiger partial charge in [-0.15, -0.1) is 0 Å². The lowest BCUT2D eigenvalue weighted by Crippen LogP contribution is -2.27. The van der Waals surface area contributed by atoms with Crippen molar-refractivity contribution in [2.24, 2.45) is 5.92 Å². The zero-order chi connectivity index (χ0) is 18.6. The molecule has 1 atom stereocenters. The fourth-order valence-corrected chi connectivity index (χ4v) is 2.90. The van der Waals surface area contributed by atoms with E-state index in [1.165, 1.54) is 0 Å². The zero-order valence-corrected chi connectivity index (χ0v) is 15.1. The van der Waals surface area contributed by atoms with E-state index >= 15 is 0 Å². The normalized spacial score (nSPS) is 16.8. The van der Waals surface area contributed by atoms with Gasteiger partial charge in [0, 0.05) is 18.7 Å². The largest absolute Gasteiger partial charge is 0.394 e. The molecule has 1 aliphatic rings. The number of amides is 1. The zero-order valence-electron chi connectivity index (χ0n) is 15.1. The van der Waals surface area contributed by atoms with Gasteiger partial charge in [0.1, 0.15) is 6.29 Å².